The molecule has 0 fully saturated rings. The van der Waals surface area contributed by atoms with Gasteiger partial charge >= 0.3 is 0 Å². The van der Waals surface area contributed by atoms with Crippen LogP contribution in [0.15, 0.2) is 53.9 Å². The number of nitrogens with one attached hydrogen (secondary N) is 1. The summed E-state index contributed by atoms with van der Waals surface area (Å²) in [4.78, 5) is 2.63. The standard InChI is InChI=1S/C17H16ClNS2/c1-12(16-7-8-17(18)21-16)19-10-15-9-14(11-20-15)13-5-3-2-4-6-13/h2-9,11-12,19H,10H2,1H3. The highest BCUT2D eigenvalue weighted by Crippen LogP contribution is 2.28. The molecule has 1 aromatic carbocycles. The topological polar surface area (TPSA) is 12.0 Å². The molecule has 3 aromatic rings. The third kappa shape index (κ3) is 3.74. The van der Waals surface area contributed by atoms with Gasteiger partial charge in [-0.3, -0.25) is 0 Å². The molecule has 0 amide bonds. The summed E-state index contributed by atoms with van der Waals surface area (Å²) in [5, 5.41) is 5.78. The molecule has 0 spiro atoms. The smallest absolute Gasteiger partial charge is 0.0931 e. The normalized spacial score (nSPS) is 12.5. The van der Waals surface area contributed by atoms with Crippen LogP contribution in [-0.4, -0.2) is 0 Å². The molecule has 2 heterocycles. The lowest BCUT2D eigenvalue weighted by molar-refractivity contribution is 0.587. The van der Waals surface area contributed by atoms with E-state index in [1.165, 1.54) is 20.9 Å². The fraction of sp³-hybridized carbons (Fsp3) is 0.176. The largest absolute Gasteiger partial charge is 0.305 e. The predicted molar refractivity (Wildman–Crippen MR) is 94.3 cm³/mol. The predicted octanol–water partition coefficient (Wildman–Crippen LogP) is 5.98. The van der Waals surface area contributed by atoms with Crippen molar-refractivity contribution in [3.05, 3.63) is 68.0 Å². The van der Waals surface area contributed by atoms with E-state index in [1.807, 2.05) is 12.1 Å². The van der Waals surface area contributed by atoms with Crippen LogP contribution in [0, 0.1) is 0 Å². The zero-order chi connectivity index (χ0) is 14.7. The molecular formula is C17H16ClNS2. The molecule has 0 bridgehead atoms. The number of rotatable bonds is 5. The summed E-state index contributed by atoms with van der Waals surface area (Å²) in [6.07, 6.45) is 0. The molecule has 1 N–H and O–H groups in total. The van der Waals surface area contributed by atoms with E-state index < -0.39 is 0 Å². The number of thiophene rings is 2. The molecule has 0 saturated heterocycles. The Kier molecular flexibility index (Phi) is 4.76. The van der Waals surface area contributed by atoms with Gasteiger partial charge in [-0.25, -0.2) is 0 Å². The molecule has 2 aromatic heterocycles. The summed E-state index contributed by atoms with van der Waals surface area (Å²) < 4.78 is 0.848. The Hall–Kier alpha value is -1.13. The molecule has 1 nitrogen and oxygen atoms in total. The van der Waals surface area contributed by atoms with Crippen molar-refractivity contribution >= 4 is 34.3 Å². The first-order valence-corrected chi connectivity index (χ1v) is 8.91. The van der Waals surface area contributed by atoms with E-state index in [1.54, 1.807) is 22.7 Å². The van der Waals surface area contributed by atoms with Gasteiger partial charge in [0, 0.05) is 22.3 Å². The van der Waals surface area contributed by atoms with Gasteiger partial charge in [-0.2, -0.15) is 0 Å². The molecule has 1 atom stereocenters. The highest BCUT2D eigenvalue weighted by atomic mass is 35.5. The molecular weight excluding hydrogens is 318 g/mol. The lowest BCUT2D eigenvalue weighted by atomic mass is 10.1. The van der Waals surface area contributed by atoms with Gasteiger partial charge in [-0.05, 0) is 41.6 Å². The van der Waals surface area contributed by atoms with Gasteiger partial charge in [0.15, 0.2) is 0 Å². The Bertz CT molecular complexity index is 702. The summed E-state index contributed by atoms with van der Waals surface area (Å²) in [5.41, 5.74) is 2.57. The fourth-order valence-electron chi connectivity index (χ4n) is 2.17. The van der Waals surface area contributed by atoms with Crippen LogP contribution in [0.1, 0.15) is 22.7 Å². The average Bonchev–Trinajstić information content (AvgIpc) is 3.15. The maximum absolute atomic E-state index is 5.99. The van der Waals surface area contributed by atoms with Crippen LogP contribution in [0.3, 0.4) is 0 Å². The van der Waals surface area contributed by atoms with Crippen LogP contribution in [0.2, 0.25) is 4.34 Å². The third-order valence-corrected chi connectivity index (χ3v) is 5.71. The lowest BCUT2D eigenvalue weighted by Crippen LogP contribution is -2.16. The van der Waals surface area contributed by atoms with E-state index in [2.05, 4.69) is 54.0 Å². The van der Waals surface area contributed by atoms with Gasteiger partial charge in [0.2, 0.25) is 0 Å². The minimum Gasteiger partial charge on any atom is -0.305 e. The SMILES string of the molecule is CC(NCc1cc(-c2ccccc2)cs1)c1ccc(Cl)s1. The van der Waals surface area contributed by atoms with Crippen molar-refractivity contribution in [2.75, 3.05) is 0 Å². The van der Waals surface area contributed by atoms with Gasteiger partial charge in [-0.1, -0.05) is 41.9 Å². The van der Waals surface area contributed by atoms with Crippen molar-refractivity contribution in [1.29, 1.82) is 0 Å². The summed E-state index contributed by atoms with van der Waals surface area (Å²) >= 11 is 9.43. The second-order valence-electron chi connectivity index (χ2n) is 4.91. The number of hydrogen-bond donors (Lipinski definition) is 1. The molecule has 4 heteroatoms. The summed E-state index contributed by atoms with van der Waals surface area (Å²) in [7, 11) is 0. The van der Waals surface area contributed by atoms with Crippen molar-refractivity contribution in [2.45, 2.75) is 19.5 Å². The fourth-order valence-corrected chi connectivity index (χ4v) is 4.10. The second kappa shape index (κ2) is 6.75. The van der Waals surface area contributed by atoms with E-state index in [9.17, 15) is 0 Å². The van der Waals surface area contributed by atoms with Crippen LogP contribution < -0.4 is 5.32 Å². The van der Waals surface area contributed by atoms with E-state index in [-0.39, 0.29) is 0 Å². The molecule has 1 unspecified atom stereocenters. The average molecular weight is 334 g/mol. The van der Waals surface area contributed by atoms with Crippen molar-refractivity contribution in [3.63, 3.8) is 0 Å². The zero-order valence-electron chi connectivity index (χ0n) is 11.7. The minimum absolute atomic E-state index is 0.324. The van der Waals surface area contributed by atoms with Crippen molar-refractivity contribution in [2.24, 2.45) is 0 Å². The van der Waals surface area contributed by atoms with E-state index in [0.29, 0.717) is 6.04 Å². The highest BCUT2D eigenvalue weighted by Gasteiger charge is 2.09. The molecule has 0 aliphatic heterocycles. The molecule has 0 saturated carbocycles. The zero-order valence-corrected chi connectivity index (χ0v) is 14.1. The third-order valence-electron chi connectivity index (χ3n) is 3.36. The second-order valence-corrected chi connectivity index (χ2v) is 7.65. The van der Waals surface area contributed by atoms with Gasteiger partial charge in [0.25, 0.3) is 0 Å². The number of benzene rings is 1. The molecule has 108 valence electrons. The van der Waals surface area contributed by atoms with Gasteiger partial charge in [0.1, 0.15) is 0 Å². The van der Waals surface area contributed by atoms with Crippen LogP contribution in [0.4, 0.5) is 0 Å². The minimum atomic E-state index is 0.324. The van der Waals surface area contributed by atoms with Gasteiger partial charge in [0.05, 0.1) is 4.34 Å². The first kappa shape index (κ1) is 14.8. The van der Waals surface area contributed by atoms with Crippen LogP contribution in [0.25, 0.3) is 11.1 Å². The summed E-state index contributed by atoms with van der Waals surface area (Å²) in [6.45, 7) is 3.06. The highest BCUT2D eigenvalue weighted by molar-refractivity contribution is 7.16. The van der Waals surface area contributed by atoms with Gasteiger partial charge in [-0.15, -0.1) is 22.7 Å². The van der Waals surface area contributed by atoms with E-state index in [0.717, 1.165) is 10.9 Å². The Labute approximate surface area is 138 Å². The van der Waals surface area contributed by atoms with Crippen LogP contribution in [0.5, 0.6) is 0 Å². The van der Waals surface area contributed by atoms with E-state index in [4.69, 9.17) is 11.6 Å². The summed E-state index contributed by atoms with van der Waals surface area (Å²) in [6, 6.07) is 17.1. The van der Waals surface area contributed by atoms with Crippen molar-refractivity contribution < 1.29 is 0 Å². The Balaban J connectivity index is 1.63. The maximum atomic E-state index is 5.99. The molecule has 3 rings (SSSR count). The van der Waals surface area contributed by atoms with Crippen LogP contribution >= 0.6 is 34.3 Å². The first-order valence-electron chi connectivity index (χ1n) is 6.84. The Morgan fingerprint density at radius 1 is 1.10 bits per heavy atom. The Morgan fingerprint density at radius 2 is 1.90 bits per heavy atom. The van der Waals surface area contributed by atoms with Crippen molar-refractivity contribution in [1.82, 2.24) is 5.32 Å². The lowest BCUT2D eigenvalue weighted by Gasteiger charge is -2.10. The molecule has 0 aliphatic rings. The molecule has 21 heavy (non-hydrogen) atoms. The Morgan fingerprint density at radius 3 is 2.62 bits per heavy atom. The monoisotopic (exact) mass is 333 g/mol. The van der Waals surface area contributed by atoms with Crippen LogP contribution in [-0.2, 0) is 6.54 Å². The summed E-state index contributed by atoms with van der Waals surface area (Å²) in [5.74, 6) is 0. The maximum Gasteiger partial charge on any atom is 0.0931 e. The first-order chi connectivity index (χ1) is 10.2. The van der Waals surface area contributed by atoms with E-state index >= 15 is 0 Å². The molecule has 0 radical (unpaired) electrons. The van der Waals surface area contributed by atoms with Crippen molar-refractivity contribution in [3.8, 4) is 11.1 Å². The van der Waals surface area contributed by atoms with Gasteiger partial charge < -0.3 is 5.32 Å². The molecule has 0 aliphatic carbocycles. The number of hydrogen-bond acceptors (Lipinski definition) is 3. The quantitative estimate of drug-likeness (QED) is 0.605. The number of halogens is 1.